The molecular weight excluding hydrogens is 340 g/mol. The highest BCUT2D eigenvalue weighted by atomic mass is 79.9. The van der Waals surface area contributed by atoms with Gasteiger partial charge in [-0.15, -0.1) is 0 Å². The summed E-state index contributed by atoms with van der Waals surface area (Å²) < 4.78 is 0.868. The molecular formula is C15H14BrClN2O. The van der Waals surface area contributed by atoms with E-state index in [9.17, 15) is 4.79 Å². The predicted molar refractivity (Wildman–Crippen MR) is 87.8 cm³/mol. The Morgan fingerprint density at radius 3 is 2.50 bits per heavy atom. The first kappa shape index (κ1) is 14.9. The molecule has 0 saturated heterocycles. The van der Waals surface area contributed by atoms with Crippen molar-refractivity contribution in [2.24, 2.45) is 0 Å². The number of carbonyl (C=O) groups is 1. The van der Waals surface area contributed by atoms with Gasteiger partial charge in [0.15, 0.2) is 0 Å². The number of benzene rings is 2. The molecule has 0 radical (unpaired) electrons. The largest absolute Gasteiger partial charge is 0.387 e. The average molecular weight is 354 g/mol. The van der Waals surface area contributed by atoms with Crippen molar-refractivity contribution in [2.45, 2.75) is 6.92 Å². The van der Waals surface area contributed by atoms with Gasteiger partial charge in [0.05, 0.1) is 16.3 Å². The smallest absolute Gasteiger partial charge is 0.257 e. The zero-order valence-electron chi connectivity index (χ0n) is 11.1. The van der Waals surface area contributed by atoms with E-state index in [1.54, 1.807) is 19.2 Å². The fourth-order valence-corrected chi connectivity index (χ4v) is 2.57. The minimum absolute atomic E-state index is 0.192. The minimum Gasteiger partial charge on any atom is -0.387 e. The second kappa shape index (κ2) is 6.29. The van der Waals surface area contributed by atoms with Crippen LogP contribution in [0.25, 0.3) is 0 Å². The summed E-state index contributed by atoms with van der Waals surface area (Å²) in [5.74, 6) is -0.192. The van der Waals surface area contributed by atoms with Crippen molar-refractivity contribution in [2.75, 3.05) is 17.7 Å². The topological polar surface area (TPSA) is 41.1 Å². The van der Waals surface area contributed by atoms with E-state index in [-0.39, 0.29) is 5.91 Å². The van der Waals surface area contributed by atoms with Crippen LogP contribution in [0.2, 0.25) is 5.02 Å². The van der Waals surface area contributed by atoms with Crippen LogP contribution in [0.1, 0.15) is 15.9 Å². The second-order valence-electron chi connectivity index (χ2n) is 4.38. The molecule has 0 fully saturated rings. The summed E-state index contributed by atoms with van der Waals surface area (Å²) in [6, 6.07) is 11.0. The molecule has 0 heterocycles. The number of nitrogens with one attached hydrogen (secondary N) is 2. The molecule has 2 N–H and O–H groups in total. The number of anilines is 2. The molecule has 2 aromatic carbocycles. The van der Waals surface area contributed by atoms with Crippen molar-refractivity contribution in [3.63, 3.8) is 0 Å². The zero-order valence-corrected chi connectivity index (χ0v) is 13.5. The Morgan fingerprint density at radius 1 is 1.15 bits per heavy atom. The minimum atomic E-state index is -0.192. The van der Waals surface area contributed by atoms with Crippen LogP contribution in [0.3, 0.4) is 0 Å². The first-order chi connectivity index (χ1) is 9.51. The Bertz CT molecular complexity index is 658. The number of hydrogen-bond acceptors (Lipinski definition) is 2. The van der Waals surface area contributed by atoms with Crippen molar-refractivity contribution in [1.82, 2.24) is 0 Å². The summed E-state index contributed by atoms with van der Waals surface area (Å²) >= 11 is 9.44. The number of halogens is 2. The van der Waals surface area contributed by atoms with Crippen LogP contribution < -0.4 is 10.6 Å². The van der Waals surface area contributed by atoms with Crippen molar-refractivity contribution in [1.29, 1.82) is 0 Å². The lowest BCUT2D eigenvalue weighted by atomic mass is 10.1. The molecule has 5 heteroatoms. The lowest BCUT2D eigenvalue weighted by molar-refractivity contribution is 0.102. The third-order valence-corrected chi connectivity index (χ3v) is 3.67. The van der Waals surface area contributed by atoms with E-state index in [0.29, 0.717) is 16.3 Å². The Morgan fingerprint density at radius 2 is 1.85 bits per heavy atom. The maximum atomic E-state index is 12.4. The molecule has 2 rings (SSSR count). The Labute approximate surface area is 131 Å². The number of hydrogen-bond donors (Lipinski definition) is 2. The molecule has 0 saturated carbocycles. The first-order valence-electron chi connectivity index (χ1n) is 6.06. The normalized spacial score (nSPS) is 10.2. The molecule has 20 heavy (non-hydrogen) atoms. The Balaban J connectivity index is 2.30. The molecule has 3 nitrogen and oxygen atoms in total. The number of amides is 1. The molecule has 0 unspecified atom stereocenters. The van der Waals surface area contributed by atoms with E-state index < -0.39 is 0 Å². The molecule has 0 aliphatic rings. The van der Waals surface area contributed by atoms with Crippen molar-refractivity contribution in [3.05, 3.63) is 57.0 Å². The van der Waals surface area contributed by atoms with E-state index in [1.807, 2.05) is 31.2 Å². The lowest BCUT2D eigenvalue weighted by Gasteiger charge is -2.12. The van der Waals surface area contributed by atoms with E-state index >= 15 is 0 Å². The molecule has 0 aromatic heterocycles. The average Bonchev–Trinajstić information content (AvgIpc) is 2.41. The summed E-state index contributed by atoms with van der Waals surface area (Å²) in [6.45, 7) is 1.95. The maximum Gasteiger partial charge on any atom is 0.257 e. The first-order valence-corrected chi connectivity index (χ1v) is 7.23. The maximum absolute atomic E-state index is 12.4. The van der Waals surface area contributed by atoms with E-state index in [4.69, 9.17) is 11.6 Å². The summed E-state index contributed by atoms with van der Waals surface area (Å²) in [4.78, 5) is 12.4. The van der Waals surface area contributed by atoms with E-state index in [1.165, 1.54) is 0 Å². The van der Waals surface area contributed by atoms with Crippen LogP contribution in [0, 0.1) is 6.92 Å². The van der Waals surface area contributed by atoms with Gasteiger partial charge in [-0.25, -0.2) is 0 Å². The van der Waals surface area contributed by atoms with Gasteiger partial charge in [-0.2, -0.15) is 0 Å². The third-order valence-electron chi connectivity index (χ3n) is 2.87. The molecule has 0 atom stereocenters. The van der Waals surface area contributed by atoms with Crippen molar-refractivity contribution in [3.8, 4) is 0 Å². The molecule has 0 bridgehead atoms. The second-order valence-corrected chi connectivity index (χ2v) is 5.70. The lowest BCUT2D eigenvalue weighted by Crippen LogP contribution is -2.14. The van der Waals surface area contributed by atoms with E-state index in [2.05, 4.69) is 26.6 Å². The third kappa shape index (κ3) is 3.32. The quantitative estimate of drug-likeness (QED) is 0.839. The highest BCUT2D eigenvalue weighted by Crippen LogP contribution is 2.27. The predicted octanol–water partition coefficient (Wildman–Crippen LogP) is 4.70. The van der Waals surface area contributed by atoms with Crippen LogP contribution in [0.5, 0.6) is 0 Å². The highest BCUT2D eigenvalue weighted by molar-refractivity contribution is 9.10. The summed E-state index contributed by atoms with van der Waals surface area (Å²) in [5.41, 5.74) is 2.98. The van der Waals surface area contributed by atoms with Crippen LogP contribution >= 0.6 is 27.5 Å². The van der Waals surface area contributed by atoms with Crippen LogP contribution in [-0.2, 0) is 0 Å². The van der Waals surface area contributed by atoms with Gasteiger partial charge in [0.2, 0.25) is 0 Å². The monoisotopic (exact) mass is 352 g/mol. The highest BCUT2D eigenvalue weighted by Gasteiger charge is 2.12. The van der Waals surface area contributed by atoms with Gasteiger partial charge in [0, 0.05) is 17.2 Å². The van der Waals surface area contributed by atoms with E-state index in [0.717, 1.165) is 15.7 Å². The van der Waals surface area contributed by atoms with Crippen molar-refractivity contribution < 1.29 is 4.79 Å². The van der Waals surface area contributed by atoms with Gasteiger partial charge in [0.25, 0.3) is 5.91 Å². The number of aryl methyl sites for hydroxylation is 1. The standard InChI is InChI=1S/C15H14BrClN2O/c1-9-3-5-13(18-2)11(7-9)15(20)19-14-6-4-10(16)8-12(14)17/h3-8,18H,1-2H3,(H,19,20). The van der Waals surface area contributed by atoms with Gasteiger partial charge in [-0.1, -0.05) is 39.2 Å². The Hall–Kier alpha value is -1.52. The molecule has 104 valence electrons. The number of carbonyl (C=O) groups excluding carboxylic acids is 1. The zero-order chi connectivity index (χ0) is 14.7. The van der Waals surface area contributed by atoms with Crippen LogP contribution in [-0.4, -0.2) is 13.0 Å². The molecule has 2 aromatic rings. The summed E-state index contributed by atoms with van der Waals surface area (Å²) in [5, 5.41) is 6.33. The van der Waals surface area contributed by atoms with Crippen LogP contribution in [0.15, 0.2) is 40.9 Å². The molecule has 0 spiro atoms. The molecule has 0 aliphatic heterocycles. The van der Waals surface area contributed by atoms with Gasteiger partial charge in [-0.05, 0) is 37.3 Å². The van der Waals surface area contributed by atoms with Gasteiger partial charge < -0.3 is 10.6 Å². The van der Waals surface area contributed by atoms with Crippen LogP contribution in [0.4, 0.5) is 11.4 Å². The van der Waals surface area contributed by atoms with Gasteiger partial charge in [0.1, 0.15) is 0 Å². The number of rotatable bonds is 3. The summed E-state index contributed by atoms with van der Waals surface area (Å²) in [7, 11) is 1.79. The SMILES string of the molecule is CNc1ccc(C)cc1C(=O)Nc1ccc(Br)cc1Cl. The van der Waals surface area contributed by atoms with Gasteiger partial charge >= 0.3 is 0 Å². The molecule has 1 amide bonds. The van der Waals surface area contributed by atoms with Gasteiger partial charge in [-0.3, -0.25) is 4.79 Å². The van der Waals surface area contributed by atoms with Crippen molar-refractivity contribution >= 4 is 44.8 Å². The fraction of sp³-hybridized carbons (Fsp3) is 0.133. The summed E-state index contributed by atoms with van der Waals surface area (Å²) in [6.07, 6.45) is 0. The fourth-order valence-electron chi connectivity index (χ4n) is 1.84. The molecule has 0 aliphatic carbocycles. The Kier molecular flexibility index (Phi) is 4.68.